The highest BCUT2D eigenvalue weighted by molar-refractivity contribution is 5.94. The van der Waals surface area contributed by atoms with Crippen molar-refractivity contribution in [2.75, 3.05) is 6.54 Å². The minimum atomic E-state index is -0.0706. The highest BCUT2D eigenvalue weighted by Crippen LogP contribution is 2.14. The largest absolute Gasteiger partial charge is 0.352 e. The van der Waals surface area contributed by atoms with E-state index in [9.17, 15) is 9.59 Å². The molecule has 5 nitrogen and oxygen atoms in total. The number of benzene rings is 2. The van der Waals surface area contributed by atoms with Crippen LogP contribution in [0.2, 0.25) is 0 Å². The number of rotatable bonds is 4. The monoisotopic (exact) mass is 309 g/mol. The van der Waals surface area contributed by atoms with Crippen molar-refractivity contribution >= 4 is 16.9 Å². The average molecular weight is 309 g/mol. The van der Waals surface area contributed by atoms with Gasteiger partial charge in [-0.25, -0.2) is 4.79 Å². The van der Waals surface area contributed by atoms with Gasteiger partial charge in [0, 0.05) is 26.2 Å². The number of hydrogen-bond donors (Lipinski definition) is 1. The molecule has 0 fully saturated rings. The molecule has 2 aromatic carbocycles. The molecule has 1 amide bonds. The summed E-state index contributed by atoms with van der Waals surface area (Å²) in [5, 5.41) is 2.91. The Balaban J connectivity index is 1.69. The lowest BCUT2D eigenvalue weighted by Gasteiger charge is -2.06. The van der Waals surface area contributed by atoms with Crippen LogP contribution in [0.5, 0.6) is 0 Å². The number of nitrogens with one attached hydrogen (secondary N) is 1. The van der Waals surface area contributed by atoms with E-state index in [1.165, 1.54) is 0 Å². The molecule has 0 atom stereocenters. The zero-order valence-electron chi connectivity index (χ0n) is 13.2. The van der Waals surface area contributed by atoms with Crippen LogP contribution in [0, 0.1) is 0 Å². The third-order valence-corrected chi connectivity index (χ3v) is 4.07. The second-order valence-corrected chi connectivity index (χ2v) is 5.60. The SMILES string of the molecule is Cn1c(=O)n(C)c2cc(CCNC(=O)c3ccccc3)ccc21. The number of hydrogen-bond acceptors (Lipinski definition) is 2. The molecule has 3 aromatic rings. The molecule has 3 rings (SSSR count). The van der Waals surface area contributed by atoms with E-state index in [0.717, 1.165) is 23.0 Å². The van der Waals surface area contributed by atoms with Crippen LogP contribution in [0.15, 0.2) is 53.3 Å². The molecule has 1 aromatic heterocycles. The van der Waals surface area contributed by atoms with Crippen molar-refractivity contribution in [1.29, 1.82) is 0 Å². The summed E-state index contributed by atoms with van der Waals surface area (Å²) >= 11 is 0. The third-order valence-electron chi connectivity index (χ3n) is 4.07. The van der Waals surface area contributed by atoms with Gasteiger partial charge in [-0.2, -0.15) is 0 Å². The molecule has 5 heteroatoms. The maximum atomic E-state index is 12.0. The predicted octanol–water partition coefficient (Wildman–Crippen LogP) is 1.85. The third kappa shape index (κ3) is 2.90. The van der Waals surface area contributed by atoms with Gasteiger partial charge in [0.05, 0.1) is 11.0 Å². The van der Waals surface area contributed by atoms with Gasteiger partial charge in [-0.3, -0.25) is 13.9 Å². The number of imidazole rings is 1. The van der Waals surface area contributed by atoms with E-state index in [4.69, 9.17) is 0 Å². The molecule has 0 bridgehead atoms. The summed E-state index contributed by atoms with van der Waals surface area (Å²) in [5.41, 5.74) is 3.54. The van der Waals surface area contributed by atoms with E-state index in [2.05, 4.69) is 5.32 Å². The summed E-state index contributed by atoms with van der Waals surface area (Å²) in [6, 6.07) is 15.1. The Hall–Kier alpha value is -2.82. The van der Waals surface area contributed by atoms with Crippen molar-refractivity contribution in [3.8, 4) is 0 Å². The summed E-state index contributed by atoms with van der Waals surface area (Å²) in [7, 11) is 3.54. The average Bonchev–Trinajstić information content (AvgIpc) is 2.80. The van der Waals surface area contributed by atoms with Crippen LogP contribution in [-0.4, -0.2) is 21.6 Å². The van der Waals surface area contributed by atoms with Gasteiger partial charge in [0.15, 0.2) is 0 Å². The Labute approximate surface area is 134 Å². The summed E-state index contributed by atoms with van der Waals surface area (Å²) in [6.07, 6.45) is 0.720. The van der Waals surface area contributed by atoms with Crippen molar-refractivity contribution < 1.29 is 4.79 Å². The van der Waals surface area contributed by atoms with Gasteiger partial charge in [0.2, 0.25) is 0 Å². The summed E-state index contributed by atoms with van der Waals surface area (Å²) < 4.78 is 3.28. The first-order valence-electron chi connectivity index (χ1n) is 7.55. The van der Waals surface area contributed by atoms with E-state index in [1.54, 1.807) is 35.4 Å². The van der Waals surface area contributed by atoms with Crippen molar-refractivity contribution in [3.63, 3.8) is 0 Å². The van der Waals surface area contributed by atoms with E-state index in [1.807, 2.05) is 36.4 Å². The molecule has 118 valence electrons. The van der Waals surface area contributed by atoms with Gasteiger partial charge < -0.3 is 5.32 Å². The van der Waals surface area contributed by atoms with Gasteiger partial charge in [0.25, 0.3) is 5.91 Å². The van der Waals surface area contributed by atoms with E-state index < -0.39 is 0 Å². The van der Waals surface area contributed by atoms with Gasteiger partial charge in [-0.1, -0.05) is 24.3 Å². The van der Waals surface area contributed by atoms with E-state index in [0.29, 0.717) is 12.1 Å². The Morgan fingerprint density at radius 3 is 2.43 bits per heavy atom. The first-order valence-corrected chi connectivity index (χ1v) is 7.55. The lowest BCUT2D eigenvalue weighted by atomic mass is 10.1. The first-order chi connectivity index (χ1) is 11.1. The lowest BCUT2D eigenvalue weighted by Crippen LogP contribution is -2.25. The van der Waals surface area contributed by atoms with Crippen LogP contribution >= 0.6 is 0 Å². The second-order valence-electron chi connectivity index (χ2n) is 5.60. The molecule has 0 unspecified atom stereocenters. The van der Waals surface area contributed by atoms with Crippen molar-refractivity contribution in [3.05, 3.63) is 70.1 Å². The first kappa shape index (κ1) is 15.1. The Bertz CT molecular complexity index is 907. The van der Waals surface area contributed by atoms with Crippen LogP contribution in [0.3, 0.4) is 0 Å². The molecule has 0 radical (unpaired) electrons. The summed E-state index contributed by atoms with van der Waals surface area (Å²) in [6.45, 7) is 0.556. The highest BCUT2D eigenvalue weighted by Gasteiger charge is 2.08. The topological polar surface area (TPSA) is 56.0 Å². The van der Waals surface area contributed by atoms with E-state index in [-0.39, 0.29) is 11.6 Å². The van der Waals surface area contributed by atoms with Crippen LogP contribution in [0.1, 0.15) is 15.9 Å². The standard InChI is InChI=1S/C18H19N3O2/c1-20-15-9-8-13(12-16(15)21(2)18(20)23)10-11-19-17(22)14-6-4-3-5-7-14/h3-9,12H,10-11H2,1-2H3,(H,19,22). The van der Waals surface area contributed by atoms with Gasteiger partial charge in [0.1, 0.15) is 0 Å². The zero-order chi connectivity index (χ0) is 16.4. The Morgan fingerprint density at radius 2 is 1.70 bits per heavy atom. The number of fused-ring (bicyclic) bond motifs is 1. The fraction of sp³-hybridized carbons (Fsp3) is 0.222. The lowest BCUT2D eigenvalue weighted by molar-refractivity contribution is 0.0954. The Morgan fingerprint density at radius 1 is 1.00 bits per heavy atom. The second kappa shape index (κ2) is 6.12. The van der Waals surface area contributed by atoms with Crippen LogP contribution < -0.4 is 11.0 Å². The fourth-order valence-corrected chi connectivity index (χ4v) is 2.72. The minimum absolute atomic E-state index is 0.0328. The maximum Gasteiger partial charge on any atom is 0.328 e. The number of carbonyl (C=O) groups excluding carboxylic acids is 1. The molecule has 1 heterocycles. The molecule has 0 aliphatic heterocycles. The fourth-order valence-electron chi connectivity index (χ4n) is 2.72. The molecular formula is C18H19N3O2. The Kier molecular flexibility index (Phi) is 4.02. The van der Waals surface area contributed by atoms with Gasteiger partial charge in [-0.05, 0) is 36.2 Å². The molecule has 0 spiro atoms. The minimum Gasteiger partial charge on any atom is -0.352 e. The van der Waals surface area contributed by atoms with Crippen molar-refractivity contribution in [1.82, 2.24) is 14.5 Å². The number of nitrogens with zero attached hydrogens (tertiary/aromatic N) is 2. The zero-order valence-corrected chi connectivity index (χ0v) is 13.2. The number of amides is 1. The van der Waals surface area contributed by atoms with Crippen LogP contribution in [0.4, 0.5) is 0 Å². The normalized spacial score (nSPS) is 10.9. The molecule has 0 aliphatic carbocycles. The molecule has 0 aliphatic rings. The smallest absolute Gasteiger partial charge is 0.328 e. The van der Waals surface area contributed by atoms with Gasteiger partial charge in [-0.15, -0.1) is 0 Å². The molecular weight excluding hydrogens is 290 g/mol. The van der Waals surface area contributed by atoms with Gasteiger partial charge >= 0.3 is 5.69 Å². The summed E-state index contributed by atoms with van der Waals surface area (Å²) in [5.74, 6) is -0.0706. The van der Waals surface area contributed by atoms with Crippen molar-refractivity contribution in [2.24, 2.45) is 14.1 Å². The number of carbonyl (C=O) groups is 1. The molecule has 0 saturated heterocycles. The quantitative estimate of drug-likeness (QED) is 0.799. The molecule has 23 heavy (non-hydrogen) atoms. The summed E-state index contributed by atoms with van der Waals surface area (Å²) in [4.78, 5) is 23.9. The maximum absolute atomic E-state index is 12.0. The highest BCUT2D eigenvalue weighted by atomic mass is 16.2. The van der Waals surface area contributed by atoms with Crippen LogP contribution in [-0.2, 0) is 20.5 Å². The molecule has 1 N–H and O–H groups in total. The number of aromatic nitrogens is 2. The van der Waals surface area contributed by atoms with E-state index >= 15 is 0 Å². The molecule has 0 saturated carbocycles. The van der Waals surface area contributed by atoms with Crippen LogP contribution in [0.25, 0.3) is 11.0 Å². The van der Waals surface area contributed by atoms with Crippen molar-refractivity contribution in [2.45, 2.75) is 6.42 Å². The predicted molar refractivity (Wildman–Crippen MR) is 90.6 cm³/mol. The number of aryl methyl sites for hydroxylation is 2.